The van der Waals surface area contributed by atoms with Crippen molar-refractivity contribution in [1.82, 2.24) is 5.16 Å². The van der Waals surface area contributed by atoms with Gasteiger partial charge in [-0.3, -0.25) is 0 Å². The summed E-state index contributed by atoms with van der Waals surface area (Å²) in [6.45, 7) is 1.71. The summed E-state index contributed by atoms with van der Waals surface area (Å²) in [7, 11) is -3.74. The van der Waals surface area contributed by atoms with Gasteiger partial charge < -0.3 is 4.52 Å². The Morgan fingerprint density at radius 2 is 1.76 bits per heavy atom. The van der Waals surface area contributed by atoms with Crippen molar-refractivity contribution in [1.29, 1.82) is 0 Å². The maximum Gasteiger partial charge on any atom is 0.257 e. The summed E-state index contributed by atoms with van der Waals surface area (Å²) >= 11 is 3.23. The van der Waals surface area contributed by atoms with Gasteiger partial charge in [-0.25, -0.2) is 13.1 Å². The van der Waals surface area contributed by atoms with Crippen LogP contribution in [0, 0.1) is 6.92 Å². The number of aromatic nitrogens is 1. The van der Waals surface area contributed by atoms with Crippen molar-refractivity contribution < 1.29 is 12.9 Å². The van der Waals surface area contributed by atoms with Gasteiger partial charge in [-0.1, -0.05) is 59.8 Å². The Balaban J connectivity index is 1.88. The first-order chi connectivity index (χ1) is 12.0. The van der Waals surface area contributed by atoms with Gasteiger partial charge in [0.2, 0.25) is 0 Å². The molecule has 0 aliphatic carbocycles. The van der Waals surface area contributed by atoms with Crippen molar-refractivity contribution >= 4 is 37.9 Å². The fraction of sp³-hybridized carbons (Fsp3) is 0.0556. The number of benzene rings is 2. The third-order valence-electron chi connectivity index (χ3n) is 3.50. The first kappa shape index (κ1) is 17.4. The highest BCUT2D eigenvalue weighted by Crippen LogP contribution is 2.27. The molecule has 0 bridgehead atoms. The number of halogens is 1. The molecule has 0 fully saturated rings. The van der Waals surface area contributed by atoms with Gasteiger partial charge >= 0.3 is 0 Å². The molecular weight excluding hydrogens is 404 g/mol. The lowest BCUT2D eigenvalue weighted by atomic mass is 10.00. The zero-order valence-electron chi connectivity index (χ0n) is 13.3. The van der Waals surface area contributed by atoms with Crippen molar-refractivity contribution in [3.05, 3.63) is 75.7 Å². The molecule has 1 N–H and O–H groups in total. The van der Waals surface area contributed by atoms with E-state index in [4.69, 9.17) is 4.52 Å². The molecule has 0 aliphatic heterocycles. The third-order valence-corrected chi connectivity index (χ3v) is 5.40. The number of hydrogen-bond donors (Lipinski definition) is 1. The molecule has 5 nitrogen and oxygen atoms in total. The fourth-order valence-corrected chi connectivity index (χ4v) is 3.44. The van der Waals surface area contributed by atoms with E-state index in [0.717, 1.165) is 22.1 Å². The Kier molecular flexibility index (Phi) is 5.06. The average molecular weight is 419 g/mol. The van der Waals surface area contributed by atoms with Gasteiger partial charge in [0.15, 0.2) is 0 Å². The number of nitrogens with one attached hydrogen (secondary N) is 1. The lowest BCUT2D eigenvalue weighted by Gasteiger charge is -2.06. The van der Waals surface area contributed by atoms with Gasteiger partial charge in [0.25, 0.3) is 15.9 Å². The number of nitrogens with zero attached hydrogens (tertiary/aromatic N) is 1. The largest absolute Gasteiger partial charge is 0.336 e. The van der Waals surface area contributed by atoms with Crippen molar-refractivity contribution in [3.8, 4) is 11.1 Å². The van der Waals surface area contributed by atoms with Crippen molar-refractivity contribution in [2.24, 2.45) is 0 Å². The molecule has 0 unspecified atom stereocenters. The number of anilines is 1. The molecule has 0 saturated heterocycles. The minimum Gasteiger partial charge on any atom is -0.336 e. The van der Waals surface area contributed by atoms with E-state index in [2.05, 4.69) is 25.8 Å². The zero-order chi connectivity index (χ0) is 17.9. The molecule has 0 amide bonds. The summed E-state index contributed by atoms with van der Waals surface area (Å²) in [5, 5.41) is 4.81. The summed E-state index contributed by atoms with van der Waals surface area (Å²) in [6, 6.07) is 17.4. The van der Waals surface area contributed by atoms with Gasteiger partial charge in [0, 0.05) is 0 Å². The number of rotatable bonds is 5. The van der Waals surface area contributed by atoms with Crippen LogP contribution in [-0.2, 0) is 10.0 Å². The fourth-order valence-electron chi connectivity index (χ4n) is 2.27. The van der Waals surface area contributed by atoms with Gasteiger partial charge in [0.05, 0.1) is 11.1 Å². The van der Waals surface area contributed by atoms with E-state index in [9.17, 15) is 8.42 Å². The van der Waals surface area contributed by atoms with Crippen LogP contribution >= 0.6 is 15.9 Å². The molecular formula is C18H15BrN2O3S. The molecule has 0 atom stereocenters. The highest BCUT2D eigenvalue weighted by molar-refractivity contribution is 9.10. The van der Waals surface area contributed by atoms with Crippen LogP contribution in [0.2, 0.25) is 0 Å². The smallest absolute Gasteiger partial charge is 0.257 e. The summed E-state index contributed by atoms with van der Waals surface area (Å²) in [6.07, 6.45) is 1.56. The van der Waals surface area contributed by atoms with Crippen LogP contribution in [0.5, 0.6) is 0 Å². The van der Waals surface area contributed by atoms with Gasteiger partial charge in [-0.15, -0.1) is 0 Å². The summed E-state index contributed by atoms with van der Waals surface area (Å²) in [4.78, 5) is 0. The van der Waals surface area contributed by atoms with Crippen molar-refractivity contribution in [2.75, 3.05) is 4.72 Å². The molecule has 3 aromatic rings. The molecule has 25 heavy (non-hydrogen) atoms. The zero-order valence-corrected chi connectivity index (χ0v) is 15.7. The topological polar surface area (TPSA) is 72.2 Å². The highest BCUT2D eigenvalue weighted by Gasteiger charge is 2.15. The molecule has 1 aromatic heterocycles. The van der Waals surface area contributed by atoms with Crippen molar-refractivity contribution in [3.63, 3.8) is 0 Å². The third kappa shape index (κ3) is 4.18. The minimum atomic E-state index is -3.74. The van der Waals surface area contributed by atoms with Crippen LogP contribution in [-0.4, -0.2) is 13.6 Å². The molecule has 1 heterocycles. The maximum atomic E-state index is 12.3. The molecule has 7 heteroatoms. The lowest BCUT2D eigenvalue weighted by molar-refractivity contribution is 0.430. The monoisotopic (exact) mass is 418 g/mol. The number of hydrogen-bond acceptors (Lipinski definition) is 4. The quantitative estimate of drug-likeness (QED) is 0.643. The standard InChI is InChI=1S/C18H15BrN2O3S/c1-13-17(19)18(24-20-13)21-25(22,23)12-11-15-9-5-6-10-16(15)14-7-3-2-4-8-14/h2-12,21H,1H3. The Hall–Kier alpha value is -2.38. The molecule has 2 aromatic carbocycles. The van der Waals surface area contributed by atoms with Crippen LogP contribution in [0.4, 0.5) is 5.88 Å². The van der Waals surface area contributed by atoms with Crippen LogP contribution in [0.15, 0.2) is 69.0 Å². The van der Waals surface area contributed by atoms with Gasteiger partial charge in [-0.2, -0.15) is 0 Å². The minimum absolute atomic E-state index is 0.0542. The average Bonchev–Trinajstić information content (AvgIpc) is 2.93. The molecule has 0 saturated carbocycles. The van der Waals surface area contributed by atoms with E-state index in [0.29, 0.717) is 10.2 Å². The first-order valence-electron chi connectivity index (χ1n) is 7.43. The summed E-state index contributed by atoms with van der Waals surface area (Å²) < 4.78 is 32.3. The number of aryl methyl sites for hydroxylation is 1. The van der Waals surface area contributed by atoms with E-state index >= 15 is 0 Å². The molecule has 0 aliphatic rings. The SMILES string of the molecule is Cc1noc(NS(=O)(=O)C=Cc2ccccc2-c2ccccc2)c1Br. The van der Waals surface area contributed by atoms with Crippen LogP contribution in [0.3, 0.4) is 0 Å². The van der Waals surface area contributed by atoms with Gasteiger partial charge in [0.1, 0.15) is 4.47 Å². The molecule has 0 radical (unpaired) electrons. The maximum absolute atomic E-state index is 12.3. The molecule has 128 valence electrons. The number of sulfonamides is 1. The highest BCUT2D eigenvalue weighted by atomic mass is 79.9. The Morgan fingerprint density at radius 1 is 1.08 bits per heavy atom. The van der Waals surface area contributed by atoms with Crippen LogP contribution < -0.4 is 4.72 Å². The van der Waals surface area contributed by atoms with E-state index in [1.165, 1.54) is 0 Å². The lowest BCUT2D eigenvalue weighted by Crippen LogP contribution is -2.08. The predicted molar refractivity (Wildman–Crippen MR) is 102 cm³/mol. The van der Waals surface area contributed by atoms with E-state index in [1.807, 2.05) is 54.6 Å². The van der Waals surface area contributed by atoms with E-state index in [-0.39, 0.29) is 5.88 Å². The Labute approximate surface area is 154 Å². The second-order valence-corrected chi connectivity index (χ2v) is 7.67. The first-order valence-corrected chi connectivity index (χ1v) is 9.77. The molecule has 3 rings (SSSR count). The Bertz CT molecular complexity index is 1010. The Morgan fingerprint density at radius 3 is 2.44 bits per heavy atom. The summed E-state index contributed by atoms with van der Waals surface area (Å²) in [5.74, 6) is 0.0542. The second kappa shape index (κ2) is 7.25. The predicted octanol–water partition coefficient (Wildman–Crippen LogP) is 4.83. The van der Waals surface area contributed by atoms with Crippen LogP contribution in [0.1, 0.15) is 11.3 Å². The van der Waals surface area contributed by atoms with Crippen molar-refractivity contribution in [2.45, 2.75) is 6.92 Å². The van der Waals surface area contributed by atoms with Crippen LogP contribution in [0.25, 0.3) is 17.2 Å². The van der Waals surface area contributed by atoms with E-state index in [1.54, 1.807) is 13.0 Å². The molecule has 0 spiro atoms. The normalized spacial score (nSPS) is 11.8. The van der Waals surface area contributed by atoms with Gasteiger partial charge in [-0.05, 0) is 45.6 Å². The summed E-state index contributed by atoms with van der Waals surface area (Å²) in [5.41, 5.74) is 3.33. The second-order valence-electron chi connectivity index (χ2n) is 5.31. The van der Waals surface area contributed by atoms with E-state index < -0.39 is 10.0 Å².